The zero-order valence-corrected chi connectivity index (χ0v) is 12.2. The van der Waals surface area contributed by atoms with Gasteiger partial charge in [-0.15, -0.1) is 0 Å². The van der Waals surface area contributed by atoms with E-state index < -0.39 is 0 Å². The molecule has 0 amide bonds. The maximum atomic E-state index is 5.94. The first kappa shape index (κ1) is 13.5. The second kappa shape index (κ2) is 5.86. The Bertz CT molecular complexity index is 561. The molecular formula is C17H18ClNO. The normalized spacial score (nSPS) is 15.9. The highest BCUT2D eigenvalue weighted by Crippen LogP contribution is 2.29. The third-order valence-corrected chi connectivity index (χ3v) is 3.78. The molecule has 2 nitrogen and oxygen atoms in total. The summed E-state index contributed by atoms with van der Waals surface area (Å²) >= 11 is 5.94. The Labute approximate surface area is 124 Å². The second-order valence-corrected chi connectivity index (χ2v) is 5.60. The molecule has 1 aliphatic carbocycles. The Morgan fingerprint density at radius 3 is 2.05 bits per heavy atom. The van der Waals surface area contributed by atoms with Gasteiger partial charge in [-0.05, 0) is 55.3 Å². The molecule has 0 saturated heterocycles. The maximum absolute atomic E-state index is 5.94. The van der Waals surface area contributed by atoms with Crippen LogP contribution in [0, 0.1) is 0 Å². The number of halogens is 1. The summed E-state index contributed by atoms with van der Waals surface area (Å²) in [5.41, 5.74) is 2.42. The number of hydrogen-bond donors (Lipinski definition) is 1. The number of rotatable bonds is 5. The topological polar surface area (TPSA) is 21.3 Å². The van der Waals surface area contributed by atoms with E-state index in [1.54, 1.807) is 0 Å². The minimum absolute atomic E-state index is 0.169. The summed E-state index contributed by atoms with van der Waals surface area (Å²) in [6, 6.07) is 16.5. The van der Waals surface area contributed by atoms with Crippen molar-refractivity contribution in [3.63, 3.8) is 0 Å². The zero-order valence-electron chi connectivity index (χ0n) is 11.5. The fraction of sp³-hybridized carbons (Fsp3) is 0.294. The van der Waals surface area contributed by atoms with Gasteiger partial charge in [-0.1, -0.05) is 35.9 Å². The molecule has 0 aliphatic heterocycles. The molecule has 1 fully saturated rings. The van der Waals surface area contributed by atoms with Gasteiger partial charge in [0.2, 0.25) is 0 Å². The minimum Gasteiger partial charge on any atom is -0.490 e. The van der Waals surface area contributed by atoms with Crippen LogP contribution in [0.1, 0.15) is 30.0 Å². The summed E-state index contributed by atoms with van der Waals surface area (Å²) in [6.07, 6.45) is 2.81. The third-order valence-electron chi connectivity index (χ3n) is 3.53. The summed E-state index contributed by atoms with van der Waals surface area (Å²) in [5.74, 6) is 0.960. The minimum atomic E-state index is 0.169. The molecule has 1 aliphatic rings. The van der Waals surface area contributed by atoms with Crippen molar-refractivity contribution in [2.75, 3.05) is 7.05 Å². The first-order valence-electron chi connectivity index (χ1n) is 6.95. The molecule has 104 valence electrons. The van der Waals surface area contributed by atoms with E-state index >= 15 is 0 Å². The lowest BCUT2D eigenvalue weighted by molar-refractivity contribution is 0.303. The Balaban J connectivity index is 1.79. The van der Waals surface area contributed by atoms with E-state index in [2.05, 4.69) is 29.6 Å². The number of benzene rings is 2. The standard InChI is InChI=1S/C17H18ClNO/c1-19-17(12-2-6-14(18)7-3-12)13-4-8-15(9-5-13)20-16-10-11-16/h2-9,16-17,19H,10-11H2,1H3. The average Bonchev–Trinajstić information content (AvgIpc) is 3.27. The molecule has 0 heterocycles. The van der Waals surface area contributed by atoms with Crippen molar-refractivity contribution >= 4 is 11.6 Å². The van der Waals surface area contributed by atoms with Gasteiger partial charge < -0.3 is 10.1 Å². The smallest absolute Gasteiger partial charge is 0.119 e. The summed E-state index contributed by atoms with van der Waals surface area (Å²) in [4.78, 5) is 0. The van der Waals surface area contributed by atoms with Crippen molar-refractivity contribution in [1.82, 2.24) is 5.32 Å². The van der Waals surface area contributed by atoms with Gasteiger partial charge in [0.05, 0.1) is 12.1 Å². The van der Waals surface area contributed by atoms with E-state index in [1.165, 1.54) is 24.0 Å². The molecule has 0 spiro atoms. The van der Waals surface area contributed by atoms with Gasteiger partial charge in [-0.2, -0.15) is 0 Å². The lowest BCUT2D eigenvalue weighted by atomic mass is 9.99. The number of ether oxygens (including phenoxy) is 1. The number of nitrogens with one attached hydrogen (secondary N) is 1. The summed E-state index contributed by atoms with van der Waals surface area (Å²) < 4.78 is 5.78. The van der Waals surface area contributed by atoms with E-state index in [-0.39, 0.29) is 6.04 Å². The fourth-order valence-corrected chi connectivity index (χ4v) is 2.42. The average molecular weight is 288 g/mol. The Hall–Kier alpha value is -1.51. The lowest BCUT2D eigenvalue weighted by Gasteiger charge is -2.18. The quantitative estimate of drug-likeness (QED) is 0.890. The third kappa shape index (κ3) is 3.14. The Morgan fingerprint density at radius 2 is 1.55 bits per heavy atom. The monoisotopic (exact) mass is 287 g/mol. The predicted octanol–water partition coefficient (Wildman–Crippen LogP) is 4.19. The molecule has 2 aromatic carbocycles. The van der Waals surface area contributed by atoms with Gasteiger partial charge in [-0.25, -0.2) is 0 Å². The van der Waals surface area contributed by atoms with E-state index in [0.717, 1.165) is 10.8 Å². The molecule has 3 heteroatoms. The van der Waals surface area contributed by atoms with Crippen LogP contribution in [0.25, 0.3) is 0 Å². The van der Waals surface area contributed by atoms with Crippen LogP contribution in [0.3, 0.4) is 0 Å². The fourth-order valence-electron chi connectivity index (χ4n) is 2.30. The molecule has 1 atom stereocenters. The maximum Gasteiger partial charge on any atom is 0.119 e. The van der Waals surface area contributed by atoms with Crippen molar-refractivity contribution in [3.8, 4) is 5.75 Å². The highest BCUT2D eigenvalue weighted by molar-refractivity contribution is 6.30. The predicted molar refractivity (Wildman–Crippen MR) is 82.4 cm³/mol. The molecule has 1 unspecified atom stereocenters. The van der Waals surface area contributed by atoms with Crippen LogP contribution in [-0.2, 0) is 0 Å². The van der Waals surface area contributed by atoms with Crippen LogP contribution >= 0.6 is 11.6 Å². The van der Waals surface area contributed by atoms with Crippen LogP contribution in [0.4, 0.5) is 0 Å². The van der Waals surface area contributed by atoms with Gasteiger partial charge in [-0.3, -0.25) is 0 Å². The number of hydrogen-bond acceptors (Lipinski definition) is 2. The van der Waals surface area contributed by atoms with Gasteiger partial charge in [0.1, 0.15) is 5.75 Å². The van der Waals surface area contributed by atoms with E-state index in [0.29, 0.717) is 6.10 Å². The Morgan fingerprint density at radius 1 is 1.00 bits per heavy atom. The second-order valence-electron chi connectivity index (χ2n) is 5.16. The largest absolute Gasteiger partial charge is 0.490 e. The van der Waals surface area contributed by atoms with Crippen LogP contribution in [-0.4, -0.2) is 13.2 Å². The van der Waals surface area contributed by atoms with Crippen LogP contribution in [0.5, 0.6) is 5.75 Å². The van der Waals surface area contributed by atoms with Gasteiger partial charge in [0.25, 0.3) is 0 Å². The van der Waals surface area contributed by atoms with Crippen LogP contribution in [0.15, 0.2) is 48.5 Å². The molecule has 1 saturated carbocycles. The summed E-state index contributed by atoms with van der Waals surface area (Å²) in [6.45, 7) is 0. The molecular weight excluding hydrogens is 270 g/mol. The highest BCUT2D eigenvalue weighted by atomic mass is 35.5. The Kier molecular flexibility index (Phi) is 3.95. The molecule has 0 aromatic heterocycles. The molecule has 1 N–H and O–H groups in total. The first-order chi connectivity index (χ1) is 9.76. The highest BCUT2D eigenvalue weighted by Gasteiger charge is 2.23. The van der Waals surface area contributed by atoms with E-state index in [1.807, 2.05) is 31.3 Å². The van der Waals surface area contributed by atoms with Crippen LogP contribution < -0.4 is 10.1 Å². The van der Waals surface area contributed by atoms with Gasteiger partial charge in [0.15, 0.2) is 0 Å². The first-order valence-corrected chi connectivity index (χ1v) is 7.33. The van der Waals surface area contributed by atoms with E-state index in [4.69, 9.17) is 16.3 Å². The molecule has 20 heavy (non-hydrogen) atoms. The van der Waals surface area contributed by atoms with Crippen molar-refractivity contribution in [2.24, 2.45) is 0 Å². The molecule has 0 bridgehead atoms. The van der Waals surface area contributed by atoms with Crippen molar-refractivity contribution in [2.45, 2.75) is 25.0 Å². The zero-order chi connectivity index (χ0) is 13.9. The van der Waals surface area contributed by atoms with E-state index in [9.17, 15) is 0 Å². The van der Waals surface area contributed by atoms with Crippen LogP contribution in [0.2, 0.25) is 5.02 Å². The van der Waals surface area contributed by atoms with Crippen molar-refractivity contribution in [3.05, 3.63) is 64.7 Å². The summed E-state index contributed by atoms with van der Waals surface area (Å²) in [5, 5.41) is 4.10. The van der Waals surface area contributed by atoms with Gasteiger partial charge in [0, 0.05) is 5.02 Å². The lowest BCUT2D eigenvalue weighted by Crippen LogP contribution is -2.17. The molecule has 2 aromatic rings. The van der Waals surface area contributed by atoms with Crippen molar-refractivity contribution < 1.29 is 4.74 Å². The van der Waals surface area contributed by atoms with Crippen molar-refractivity contribution in [1.29, 1.82) is 0 Å². The summed E-state index contributed by atoms with van der Waals surface area (Å²) in [7, 11) is 1.97. The molecule has 0 radical (unpaired) electrons. The SMILES string of the molecule is CNC(c1ccc(Cl)cc1)c1ccc(OC2CC2)cc1. The van der Waals surface area contributed by atoms with Gasteiger partial charge >= 0.3 is 0 Å². The molecule has 3 rings (SSSR count).